The predicted molar refractivity (Wildman–Crippen MR) is 70.7 cm³/mol. The quantitative estimate of drug-likeness (QED) is 0.750. The van der Waals surface area contributed by atoms with Gasteiger partial charge in [-0.3, -0.25) is 4.79 Å². The number of ether oxygens (including phenoxy) is 1. The molecule has 0 heterocycles. The fraction of sp³-hybridized carbons (Fsp3) is 0.357. The molecule has 0 aliphatic carbocycles. The molecular weight excluding hydrogens is 228 g/mol. The molecule has 4 nitrogen and oxygen atoms in total. The van der Waals surface area contributed by atoms with E-state index in [1.54, 1.807) is 0 Å². The average molecular weight is 246 g/mol. The number of nitrogens with two attached hydrogens (primary N) is 1. The van der Waals surface area contributed by atoms with E-state index < -0.39 is 0 Å². The minimum Gasteiger partial charge on any atom is -0.372 e. The molecule has 0 aliphatic rings. The van der Waals surface area contributed by atoms with Gasteiger partial charge in [-0.25, -0.2) is 0 Å². The second-order valence-corrected chi connectivity index (χ2v) is 3.58. The molecule has 1 amide bonds. The van der Waals surface area contributed by atoms with Crippen LogP contribution in [0.1, 0.15) is 18.1 Å². The van der Waals surface area contributed by atoms with Crippen LogP contribution in [0.5, 0.6) is 0 Å². The Morgan fingerprint density at radius 2 is 2.22 bits per heavy atom. The van der Waals surface area contributed by atoms with Crippen LogP contribution in [-0.2, 0) is 16.1 Å². The molecular formula is C14H18N2O2. The lowest BCUT2D eigenvalue weighted by Gasteiger charge is -2.07. The van der Waals surface area contributed by atoms with Gasteiger partial charge in [-0.1, -0.05) is 30.0 Å². The minimum absolute atomic E-state index is 0.0904. The van der Waals surface area contributed by atoms with E-state index in [0.717, 1.165) is 11.1 Å². The highest BCUT2D eigenvalue weighted by atomic mass is 16.5. The molecule has 18 heavy (non-hydrogen) atoms. The molecule has 0 aliphatic heterocycles. The lowest BCUT2D eigenvalue weighted by molar-refractivity contribution is -0.125. The van der Waals surface area contributed by atoms with Crippen molar-refractivity contribution in [2.24, 2.45) is 5.73 Å². The molecule has 0 radical (unpaired) electrons. The van der Waals surface area contributed by atoms with Gasteiger partial charge in [0.2, 0.25) is 5.91 Å². The number of nitrogens with one attached hydrogen (secondary N) is 1. The summed E-state index contributed by atoms with van der Waals surface area (Å²) in [6.07, 6.45) is 0. The Morgan fingerprint density at radius 1 is 1.44 bits per heavy atom. The number of amides is 1. The van der Waals surface area contributed by atoms with Crippen LogP contribution < -0.4 is 11.1 Å². The molecule has 1 aromatic carbocycles. The molecule has 96 valence electrons. The van der Waals surface area contributed by atoms with Crippen LogP contribution in [0.15, 0.2) is 24.3 Å². The Labute approximate surface area is 108 Å². The molecule has 3 N–H and O–H groups in total. The summed E-state index contributed by atoms with van der Waals surface area (Å²) in [7, 11) is 0. The van der Waals surface area contributed by atoms with Crippen molar-refractivity contribution in [1.82, 2.24) is 5.32 Å². The average Bonchev–Trinajstić information content (AvgIpc) is 2.41. The van der Waals surface area contributed by atoms with E-state index in [9.17, 15) is 4.79 Å². The second kappa shape index (κ2) is 8.29. The molecule has 0 saturated heterocycles. The van der Waals surface area contributed by atoms with Gasteiger partial charge in [0.05, 0.1) is 6.54 Å². The Kier molecular flexibility index (Phi) is 6.55. The summed E-state index contributed by atoms with van der Waals surface area (Å²) in [4.78, 5) is 11.4. The zero-order chi connectivity index (χ0) is 13.2. The molecule has 0 aromatic heterocycles. The molecule has 0 fully saturated rings. The van der Waals surface area contributed by atoms with E-state index >= 15 is 0 Å². The van der Waals surface area contributed by atoms with E-state index in [1.165, 1.54) is 0 Å². The van der Waals surface area contributed by atoms with Crippen LogP contribution in [0.2, 0.25) is 0 Å². The van der Waals surface area contributed by atoms with Gasteiger partial charge >= 0.3 is 0 Å². The van der Waals surface area contributed by atoms with E-state index in [0.29, 0.717) is 19.7 Å². The molecule has 0 unspecified atom stereocenters. The summed E-state index contributed by atoms with van der Waals surface area (Å²) < 4.78 is 5.02. The minimum atomic E-state index is -0.126. The Bertz CT molecular complexity index is 447. The maximum atomic E-state index is 11.4. The van der Waals surface area contributed by atoms with Gasteiger partial charge in [0.25, 0.3) is 0 Å². The Balaban J connectivity index is 2.58. The van der Waals surface area contributed by atoms with Gasteiger partial charge in [-0.05, 0) is 18.6 Å². The zero-order valence-electron chi connectivity index (χ0n) is 10.5. The van der Waals surface area contributed by atoms with Crippen molar-refractivity contribution in [3.05, 3.63) is 35.4 Å². The third-order valence-corrected chi connectivity index (χ3v) is 2.26. The monoisotopic (exact) mass is 246 g/mol. The highest BCUT2D eigenvalue weighted by molar-refractivity contribution is 5.77. The van der Waals surface area contributed by atoms with Crippen LogP contribution in [-0.4, -0.2) is 25.7 Å². The lowest BCUT2D eigenvalue weighted by atomic mass is 10.1. The van der Waals surface area contributed by atoms with Crippen molar-refractivity contribution in [3.8, 4) is 11.8 Å². The summed E-state index contributed by atoms with van der Waals surface area (Å²) in [5, 5.41) is 2.79. The lowest BCUT2D eigenvalue weighted by Crippen LogP contribution is -2.27. The van der Waals surface area contributed by atoms with E-state index in [4.69, 9.17) is 10.5 Å². The van der Waals surface area contributed by atoms with Crippen molar-refractivity contribution < 1.29 is 9.53 Å². The van der Waals surface area contributed by atoms with Crippen LogP contribution in [0, 0.1) is 11.8 Å². The number of carbonyl (C=O) groups is 1. The molecule has 0 bridgehead atoms. The third-order valence-electron chi connectivity index (χ3n) is 2.26. The normalized spacial score (nSPS) is 9.44. The van der Waals surface area contributed by atoms with E-state index in [2.05, 4.69) is 17.2 Å². The van der Waals surface area contributed by atoms with Crippen LogP contribution in [0.4, 0.5) is 0 Å². The summed E-state index contributed by atoms with van der Waals surface area (Å²) in [5.41, 5.74) is 7.21. The molecule has 0 saturated carbocycles. The van der Waals surface area contributed by atoms with Crippen molar-refractivity contribution >= 4 is 5.91 Å². The molecule has 4 heteroatoms. The summed E-state index contributed by atoms with van der Waals surface area (Å²) >= 11 is 0. The van der Waals surface area contributed by atoms with Crippen molar-refractivity contribution in [3.63, 3.8) is 0 Å². The van der Waals surface area contributed by atoms with Crippen molar-refractivity contribution in [1.29, 1.82) is 0 Å². The highest BCUT2D eigenvalue weighted by Crippen LogP contribution is 2.06. The third kappa shape index (κ3) is 5.00. The predicted octanol–water partition coefficient (Wildman–Crippen LogP) is 0.650. The van der Waals surface area contributed by atoms with Gasteiger partial charge in [-0.15, -0.1) is 0 Å². The number of rotatable bonds is 5. The smallest absolute Gasteiger partial charge is 0.246 e. The van der Waals surface area contributed by atoms with Crippen LogP contribution in [0.25, 0.3) is 0 Å². The Hall–Kier alpha value is -1.83. The van der Waals surface area contributed by atoms with Gasteiger partial charge in [0, 0.05) is 18.7 Å². The van der Waals surface area contributed by atoms with Crippen molar-refractivity contribution in [2.45, 2.75) is 13.5 Å². The Morgan fingerprint density at radius 3 is 2.94 bits per heavy atom. The molecule has 0 spiro atoms. The standard InChI is InChI=1S/C14H18N2O2/c1-2-18-11-14(17)16-10-13-7-4-3-6-12(13)8-5-9-15/h3-4,6-7H,2,9-11,15H2,1H3,(H,16,17). The van der Waals surface area contributed by atoms with Gasteiger partial charge in [-0.2, -0.15) is 0 Å². The van der Waals surface area contributed by atoms with Gasteiger partial charge < -0.3 is 15.8 Å². The highest BCUT2D eigenvalue weighted by Gasteiger charge is 2.03. The number of benzene rings is 1. The topological polar surface area (TPSA) is 64.3 Å². The molecule has 1 aromatic rings. The van der Waals surface area contributed by atoms with E-state index in [-0.39, 0.29) is 12.5 Å². The van der Waals surface area contributed by atoms with Gasteiger partial charge in [0.15, 0.2) is 0 Å². The summed E-state index contributed by atoms with van der Waals surface area (Å²) in [6, 6.07) is 7.66. The number of hydrogen-bond acceptors (Lipinski definition) is 3. The fourth-order valence-electron chi connectivity index (χ4n) is 1.38. The summed E-state index contributed by atoms with van der Waals surface area (Å²) in [6.45, 7) is 3.25. The zero-order valence-corrected chi connectivity index (χ0v) is 10.5. The fourth-order valence-corrected chi connectivity index (χ4v) is 1.38. The largest absolute Gasteiger partial charge is 0.372 e. The number of carbonyl (C=O) groups excluding carboxylic acids is 1. The first-order valence-corrected chi connectivity index (χ1v) is 5.89. The van der Waals surface area contributed by atoms with Crippen molar-refractivity contribution in [2.75, 3.05) is 19.8 Å². The summed E-state index contributed by atoms with van der Waals surface area (Å²) in [5.74, 6) is 5.66. The number of hydrogen-bond donors (Lipinski definition) is 2. The first-order chi connectivity index (χ1) is 8.77. The first-order valence-electron chi connectivity index (χ1n) is 5.89. The second-order valence-electron chi connectivity index (χ2n) is 3.58. The van der Waals surface area contributed by atoms with E-state index in [1.807, 2.05) is 31.2 Å². The first kappa shape index (κ1) is 14.2. The SMILES string of the molecule is CCOCC(=O)NCc1ccccc1C#CCN. The molecule has 1 rings (SSSR count). The molecule has 0 atom stereocenters. The van der Waals surface area contributed by atoms with Gasteiger partial charge in [0.1, 0.15) is 6.61 Å². The van der Waals surface area contributed by atoms with Crippen LogP contribution >= 0.6 is 0 Å². The maximum Gasteiger partial charge on any atom is 0.246 e. The van der Waals surface area contributed by atoms with Crippen LogP contribution in [0.3, 0.4) is 0 Å². The maximum absolute atomic E-state index is 11.4.